The van der Waals surface area contributed by atoms with Gasteiger partial charge in [-0.25, -0.2) is 4.79 Å². The molecule has 1 heterocycles. The first-order valence-corrected chi connectivity index (χ1v) is 5.69. The maximum Gasteiger partial charge on any atom is 0.332 e. The van der Waals surface area contributed by atoms with E-state index in [1.165, 1.54) is 0 Å². The lowest BCUT2D eigenvalue weighted by Crippen LogP contribution is -2.44. The van der Waals surface area contributed by atoms with Crippen molar-refractivity contribution >= 4 is 5.97 Å². The van der Waals surface area contributed by atoms with E-state index < -0.39 is 12.1 Å². The number of carbonyl (C=O) groups is 1. The van der Waals surface area contributed by atoms with Gasteiger partial charge in [0.1, 0.15) is 0 Å². The average Bonchev–Trinajstić information content (AvgIpc) is 2.63. The molecule has 5 heteroatoms. The van der Waals surface area contributed by atoms with Crippen molar-refractivity contribution < 1.29 is 19.7 Å². The second-order valence-corrected chi connectivity index (χ2v) is 4.90. The van der Waals surface area contributed by atoms with E-state index in [0.717, 1.165) is 6.42 Å². The largest absolute Gasteiger partial charge is 0.479 e. The lowest BCUT2D eigenvalue weighted by atomic mass is 10.0. The van der Waals surface area contributed by atoms with Crippen LogP contribution < -0.4 is 5.32 Å². The lowest BCUT2D eigenvalue weighted by Gasteiger charge is -2.27. The van der Waals surface area contributed by atoms with Gasteiger partial charge in [0.05, 0.1) is 6.10 Å². The second kappa shape index (κ2) is 5.61. The number of aliphatic hydroxyl groups is 1. The molecule has 0 aromatic heterocycles. The minimum absolute atomic E-state index is 0.0286. The van der Waals surface area contributed by atoms with E-state index in [1.807, 2.05) is 13.8 Å². The van der Waals surface area contributed by atoms with Gasteiger partial charge in [-0.05, 0) is 33.1 Å². The Morgan fingerprint density at radius 3 is 2.69 bits per heavy atom. The second-order valence-electron chi connectivity index (χ2n) is 4.90. The molecule has 2 atom stereocenters. The summed E-state index contributed by atoms with van der Waals surface area (Å²) >= 11 is 0. The molecule has 0 bridgehead atoms. The van der Waals surface area contributed by atoms with Crippen LogP contribution in [0.2, 0.25) is 0 Å². The third-order valence-corrected chi connectivity index (χ3v) is 2.93. The van der Waals surface area contributed by atoms with Crippen LogP contribution in [0.5, 0.6) is 0 Å². The molecule has 0 radical (unpaired) electrons. The van der Waals surface area contributed by atoms with Crippen molar-refractivity contribution in [1.29, 1.82) is 0 Å². The fourth-order valence-electron chi connectivity index (χ4n) is 1.80. The monoisotopic (exact) mass is 231 g/mol. The molecule has 3 N–H and O–H groups in total. The number of nitrogens with one attached hydrogen (secondary N) is 1. The van der Waals surface area contributed by atoms with Crippen molar-refractivity contribution in [3.63, 3.8) is 0 Å². The van der Waals surface area contributed by atoms with Crippen molar-refractivity contribution in [2.75, 3.05) is 13.2 Å². The summed E-state index contributed by atoms with van der Waals surface area (Å²) in [6.07, 6.45) is 1.36. The molecule has 1 rings (SSSR count). The molecule has 1 aliphatic rings. The summed E-state index contributed by atoms with van der Waals surface area (Å²) in [4.78, 5) is 10.7. The van der Waals surface area contributed by atoms with Crippen LogP contribution in [0.3, 0.4) is 0 Å². The van der Waals surface area contributed by atoms with Crippen LogP contribution in [0.1, 0.15) is 33.1 Å². The van der Waals surface area contributed by atoms with E-state index >= 15 is 0 Å². The highest BCUT2D eigenvalue weighted by Gasteiger charge is 2.31. The molecular weight excluding hydrogens is 210 g/mol. The minimum atomic E-state index is -0.878. The number of ether oxygens (including phenoxy) is 1. The van der Waals surface area contributed by atoms with Crippen LogP contribution in [-0.2, 0) is 9.53 Å². The first-order valence-electron chi connectivity index (χ1n) is 5.69. The Balaban J connectivity index is 2.27. The topological polar surface area (TPSA) is 78.8 Å². The summed E-state index contributed by atoms with van der Waals surface area (Å²) in [6, 6.07) is 0. The summed E-state index contributed by atoms with van der Waals surface area (Å²) in [5.41, 5.74) is -0.139. The third-order valence-electron chi connectivity index (χ3n) is 2.93. The van der Waals surface area contributed by atoms with E-state index in [9.17, 15) is 4.79 Å². The zero-order chi connectivity index (χ0) is 12.2. The van der Waals surface area contributed by atoms with Gasteiger partial charge in [0.2, 0.25) is 0 Å². The number of hydrogen-bond acceptors (Lipinski definition) is 4. The van der Waals surface area contributed by atoms with Gasteiger partial charge in [0.15, 0.2) is 6.10 Å². The highest BCUT2D eigenvalue weighted by atomic mass is 16.5. The number of aliphatic hydroxyl groups excluding tert-OH is 1. The molecule has 16 heavy (non-hydrogen) atoms. The summed E-state index contributed by atoms with van der Waals surface area (Å²) in [6.45, 7) is 4.79. The van der Waals surface area contributed by atoms with Crippen molar-refractivity contribution in [3.05, 3.63) is 0 Å². The van der Waals surface area contributed by atoms with Gasteiger partial charge in [-0.3, -0.25) is 0 Å². The fourth-order valence-corrected chi connectivity index (χ4v) is 1.80. The van der Waals surface area contributed by atoms with Gasteiger partial charge >= 0.3 is 5.97 Å². The Morgan fingerprint density at radius 2 is 2.19 bits per heavy atom. The molecule has 0 spiro atoms. The van der Waals surface area contributed by atoms with Crippen LogP contribution in [0.4, 0.5) is 0 Å². The number of carboxylic acid groups (broad SMARTS) is 1. The summed E-state index contributed by atoms with van der Waals surface area (Å²) in [5.74, 6) is -0.878. The van der Waals surface area contributed by atoms with E-state index in [-0.39, 0.29) is 18.2 Å². The molecule has 0 saturated carbocycles. The summed E-state index contributed by atoms with van der Waals surface area (Å²) in [5, 5.41) is 20.9. The number of rotatable bonds is 6. The van der Waals surface area contributed by atoms with Gasteiger partial charge in [0, 0.05) is 18.7 Å². The highest BCUT2D eigenvalue weighted by molar-refractivity contribution is 5.72. The Morgan fingerprint density at radius 1 is 1.50 bits per heavy atom. The molecule has 1 fully saturated rings. The molecule has 0 aromatic rings. The van der Waals surface area contributed by atoms with Crippen molar-refractivity contribution in [2.45, 2.75) is 50.9 Å². The van der Waals surface area contributed by atoms with E-state index in [1.54, 1.807) is 0 Å². The molecule has 0 aromatic carbocycles. The maximum atomic E-state index is 10.7. The minimum Gasteiger partial charge on any atom is -0.479 e. The van der Waals surface area contributed by atoms with Gasteiger partial charge < -0.3 is 20.3 Å². The van der Waals surface area contributed by atoms with Gasteiger partial charge in [0.25, 0.3) is 0 Å². The van der Waals surface area contributed by atoms with E-state index in [0.29, 0.717) is 19.4 Å². The first-order chi connectivity index (χ1) is 7.44. The third kappa shape index (κ3) is 4.08. The first kappa shape index (κ1) is 13.4. The van der Waals surface area contributed by atoms with Crippen LogP contribution in [0.15, 0.2) is 0 Å². The van der Waals surface area contributed by atoms with E-state index in [4.69, 9.17) is 14.9 Å². The predicted octanol–water partition coefficient (Wildman–Crippen LogP) is 0.369. The normalized spacial score (nSPS) is 25.9. The Bertz CT molecular complexity index is 242. The lowest BCUT2D eigenvalue weighted by molar-refractivity contribution is -0.149. The molecule has 1 aliphatic heterocycles. The number of carboxylic acids is 1. The smallest absolute Gasteiger partial charge is 0.332 e. The van der Waals surface area contributed by atoms with Gasteiger partial charge in [-0.1, -0.05) is 0 Å². The zero-order valence-corrected chi connectivity index (χ0v) is 9.90. The number of aliphatic carboxylic acids is 1. The molecule has 1 saturated heterocycles. The summed E-state index contributed by atoms with van der Waals surface area (Å²) < 4.78 is 5.37. The zero-order valence-electron chi connectivity index (χ0n) is 9.90. The fraction of sp³-hybridized carbons (Fsp3) is 0.909. The standard InChI is InChI=1S/C11H21NO4/c1-11(2,5-6-13)12-7-8-3-4-9(16-8)10(14)15/h8-9,12-13H,3-7H2,1-2H3,(H,14,15). The van der Waals surface area contributed by atoms with Gasteiger partial charge in [-0.2, -0.15) is 0 Å². The predicted molar refractivity (Wildman–Crippen MR) is 59.3 cm³/mol. The number of hydrogen-bond donors (Lipinski definition) is 3. The SMILES string of the molecule is CC(C)(CCO)NCC1CCC(C(=O)O)O1. The molecule has 0 amide bonds. The molecule has 5 nitrogen and oxygen atoms in total. The van der Waals surface area contributed by atoms with E-state index in [2.05, 4.69) is 5.32 Å². The van der Waals surface area contributed by atoms with Crippen molar-refractivity contribution in [3.8, 4) is 0 Å². The van der Waals surface area contributed by atoms with Crippen molar-refractivity contribution in [1.82, 2.24) is 5.32 Å². The van der Waals surface area contributed by atoms with Crippen LogP contribution in [0.25, 0.3) is 0 Å². The van der Waals surface area contributed by atoms with Gasteiger partial charge in [-0.15, -0.1) is 0 Å². The highest BCUT2D eigenvalue weighted by Crippen LogP contribution is 2.20. The average molecular weight is 231 g/mol. The van der Waals surface area contributed by atoms with Crippen LogP contribution in [0, 0.1) is 0 Å². The Hall–Kier alpha value is -0.650. The maximum absolute atomic E-state index is 10.7. The molecule has 0 aliphatic carbocycles. The van der Waals surface area contributed by atoms with Crippen LogP contribution in [-0.4, -0.2) is 47.1 Å². The quantitative estimate of drug-likeness (QED) is 0.615. The molecular formula is C11H21NO4. The van der Waals surface area contributed by atoms with Crippen LogP contribution >= 0.6 is 0 Å². The Kier molecular flexibility index (Phi) is 4.70. The Labute approximate surface area is 95.8 Å². The van der Waals surface area contributed by atoms with Crippen molar-refractivity contribution in [2.24, 2.45) is 0 Å². The molecule has 94 valence electrons. The summed E-state index contributed by atoms with van der Waals surface area (Å²) in [7, 11) is 0. The molecule has 2 unspecified atom stereocenters.